The molecule has 0 bridgehead atoms. The first-order valence-electron chi connectivity index (χ1n) is 6.25. The number of carboxylic acid groups (broad SMARTS) is 1. The number of nitrogens with one attached hydrogen (secondary N) is 1. The first kappa shape index (κ1) is 14.3. The lowest BCUT2D eigenvalue weighted by atomic mass is 10.0. The van der Waals surface area contributed by atoms with Gasteiger partial charge in [-0.1, -0.05) is 0 Å². The van der Waals surface area contributed by atoms with E-state index in [1.54, 1.807) is 25.5 Å². The number of aliphatic carboxylic acids is 1. The number of carbonyl (C=O) groups excluding carboxylic acids is 1. The van der Waals surface area contributed by atoms with E-state index in [0.717, 1.165) is 5.56 Å². The van der Waals surface area contributed by atoms with Crippen LogP contribution in [0.4, 0.5) is 10.5 Å². The number of ether oxygens (including phenoxy) is 1. The predicted molar refractivity (Wildman–Crippen MR) is 71.5 cm³/mol. The van der Waals surface area contributed by atoms with Gasteiger partial charge < -0.3 is 20.1 Å². The molecule has 1 aliphatic heterocycles. The van der Waals surface area contributed by atoms with Gasteiger partial charge in [0.05, 0.1) is 31.1 Å². The summed E-state index contributed by atoms with van der Waals surface area (Å²) >= 11 is 0. The maximum Gasteiger partial charge on any atom is 0.321 e. The molecule has 1 aromatic heterocycles. The number of aromatic nitrogens is 1. The third-order valence-corrected chi connectivity index (χ3v) is 3.47. The number of aryl methyl sites for hydroxylation is 1. The molecule has 2 rings (SSSR count). The van der Waals surface area contributed by atoms with Crippen molar-refractivity contribution >= 4 is 17.7 Å². The number of likely N-dealkylation sites (N-methyl/N-ethyl adjacent to an activating group) is 1. The second-order valence-corrected chi connectivity index (χ2v) is 4.78. The first-order valence-corrected chi connectivity index (χ1v) is 6.25. The average Bonchev–Trinajstić information content (AvgIpc) is 2.89. The van der Waals surface area contributed by atoms with E-state index in [9.17, 15) is 9.59 Å². The summed E-state index contributed by atoms with van der Waals surface area (Å²) in [5.74, 6) is -1.65. The minimum Gasteiger partial charge on any atom is -0.481 e. The Labute approximate surface area is 116 Å². The van der Waals surface area contributed by atoms with Crippen LogP contribution in [-0.4, -0.2) is 53.3 Å². The molecular formula is C13H17N3O4. The van der Waals surface area contributed by atoms with Gasteiger partial charge in [0.2, 0.25) is 0 Å². The molecular weight excluding hydrogens is 262 g/mol. The van der Waals surface area contributed by atoms with Crippen LogP contribution in [0.15, 0.2) is 18.5 Å². The summed E-state index contributed by atoms with van der Waals surface area (Å²) in [6, 6.07) is 0.946. The van der Waals surface area contributed by atoms with Crippen molar-refractivity contribution < 1.29 is 19.4 Å². The molecule has 20 heavy (non-hydrogen) atoms. The summed E-state index contributed by atoms with van der Waals surface area (Å²) in [6.07, 6.45) is 3.20. The zero-order chi connectivity index (χ0) is 14.7. The number of carbonyl (C=O) groups is 2. The Kier molecular flexibility index (Phi) is 4.19. The van der Waals surface area contributed by atoms with E-state index < -0.39 is 17.9 Å². The Bertz CT molecular complexity index is 520. The number of nitrogens with zero attached hydrogens (tertiary/aromatic N) is 2. The molecule has 7 heteroatoms. The van der Waals surface area contributed by atoms with Crippen LogP contribution in [0.25, 0.3) is 0 Å². The molecule has 2 heterocycles. The van der Waals surface area contributed by atoms with Gasteiger partial charge in [-0.25, -0.2) is 4.79 Å². The van der Waals surface area contributed by atoms with E-state index in [4.69, 9.17) is 9.84 Å². The van der Waals surface area contributed by atoms with Crippen LogP contribution in [-0.2, 0) is 9.53 Å². The molecule has 2 amide bonds. The summed E-state index contributed by atoms with van der Waals surface area (Å²) in [5.41, 5.74) is 1.49. The summed E-state index contributed by atoms with van der Waals surface area (Å²) in [6.45, 7) is 2.21. The highest BCUT2D eigenvalue weighted by Crippen LogP contribution is 2.20. The fraction of sp³-hybridized carbons (Fsp3) is 0.462. The fourth-order valence-electron chi connectivity index (χ4n) is 2.11. The van der Waals surface area contributed by atoms with Crippen molar-refractivity contribution in [3.8, 4) is 0 Å². The standard InChI is InChI=1S/C13H17N3O4/c1-8-3-4-14-5-10(8)15-13(19)16(2)11-7-20-6-9(11)12(17)18/h3-5,9,11H,6-7H2,1-2H3,(H,15,19)(H,17,18). The van der Waals surface area contributed by atoms with E-state index in [2.05, 4.69) is 10.3 Å². The Balaban J connectivity index is 2.05. The number of amides is 2. The highest BCUT2D eigenvalue weighted by molar-refractivity contribution is 5.90. The minimum atomic E-state index is -0.954. The van der Waals surface area contributed by atoms with E-state index in [-0.39, 0.29) is 19.2 Å². The zero-order valence-electron chi connectivity index (χ0n) is 11.4. The second kappa shape index (κ2) is 5.87. The van der Waals surface area contributed by atoms with Crippen LogP contribution in [0.3, 0.4) is 0 Å². The van der Waals surface area contributed by atoms with Gasteiger partial charge in [0.15, 0.2) is 0 Å². The molecule has 0 aromatic carbocycles. The molecule has 0 radical (unpaired) electrons. The van der Waals surface area contributed by atoms with Gasteiger partial charge >= 0.3 is 12.0 Å². The summed E-state index contributed by atoms with van der Waals surface area (Å²) < 4.78 is 5.16. The second-order valence-electron chi connectivity index (χ2n) is 4.78. The maximum atomic E-state index is 12.2. The minimum absolute atomic E-state index is 0.129. The van der Waals surface area contributed by atoms with Crippen molar-refractivity contribution in [3.05, 3.63) is 24.0 Å². The van der Waals surface area contributed by atoms with Crippen molar-refractivity contribution in [2.45, 2.75) is 13.0 Å². The van der Waals surface area contributed by atoms with Gasteiger partial charge in [-0.05, 0) is 18.6 Å². The highest BCUT2D eigenvalue weighted by atomic mass is 16.5. The average molecular weight is 279 g/mol. The van der Waals surface area contributed by atoms with Crippen molar-refractivity contribution in [2.75, 3.05) is 25.6 Å². The van der Waals surface area contributed by atoms with Crippen molar-refractivity contribution in [3.63, 3.8) is 0 Å². The largest absolute Gasteiger partial charge is 0.481 e. The molecule has 0 aliphatic carbocycles. The summed E-state index contributed by atoms with van der Waals surface area (Å²) in [4.78, 5) is 28.6. The number of urea groups is 1. The normalized spacial score (nSPS) is 21.5. The van der Waals surface area contributed by atoms with Crippen LogP contribution >= 0.6 is 0 Å². The Morgan fingerprint density at radius 3 is 2.90 bits per heavy atom. The number of anilines is 1. The quantitative estimate of drug-likeness (QED) is 0.859. The first-order chi connectivity index (χ1) is 9.50. The van der Waals surface area contributed by atoms with Crippen LogP contribution in [0.1, 0.15) is 5.56 Å². The van der Waals surface area contributed by atoms with E-state index in [0.29, 0.717) is 5.69 Å². The van der Waals surface area contributed by atoms with E-state index in [1.807, 2.05) is 6.92 Å². The smallest absolute Gasteiger partial charge is 0.321 e. The lowest BCUT2D eigenvalue weighted by molar-refractivity contribution is -0.142. The lowest BCUT2D eigenvalue weighted by Gasteiger charge is -2.26. The Morgan fingerprint density at radius 1 is 1.50 bits per heavy atom. The number of hydrogen-bond acceptors (Lipinski definition) is 4. The molecule has 2 N–H and O–H groups in total. The van der Waals surface area contributed by atoms with Gasteiger partial charge in [-0.15, -0.1) is 0 Å². The predicted octanol–water partition coefficient (Wildman–Crippen LogP) is 0.953. The number of pyridine rings is 1. The molecule has 0 spiro atoms. The molecule has 0 saturated carbocycles. The van der Waals surface area contributed by atoms with Gasteiger partial charge in [0.25, 0.3) is 0 Å². The molecule has 108 valence electrons. The molecule has 2 atom stereocenters. The van der Waals surface area contributed by atoms with Gasteiger partial charge in [0.1, 0.15) is 5.92 Å². The third-order valence-electron chi connectivity index (χ3n) is 3.47. The lowest BCUT2D eigenvalue weighted by Crippen LogP contribution is -2.46. The SMILES string of the molecule is Cc1ccncc1NC(=O)N(C)C1COCC1C(=O)O. The van der Waals surface area contributed by atoms with Crippen molar-refractivity contribution in [2.24, 2.45) is 5.92 Å². The maximum absolute atomic E-state index is 12.2. The topological polar surface area (TPSA) is 91.8 Å². The molecule has 7 nitrogen and oxygen atoms in total. The third kappa shape index (κ3) is 2.88. The Hall–Kier alpha value is -2.15. The van der Waals surface area contributed by atoms with E-state index in [1.165, 1.54) is 4.90 Å². The van der Waals surface area contributed by atoms with Crippen molar-refractivity contribution in [1.29, 1.82) is 0 Å². The van der Waals surface area contributed by atoms with Crippen LogP contribution in [0, 0.1) is 12.8 Å². The summed E-state index contributed by atoms with van der Waals surface area (Å²) in [5, 5.41) is 11.8. The molecule has 2 unspecified atom stereocenters. The molecule has 1 saturated heterocycles. The summed E-state index contributed by atoms with van der Waals surface area (Å²) in [7, 11) is 1.57. The number of rotatable bonds is 3. The van der Waals surface area contributed by atoms with Crippen LogP contribution in [0.5, 0.6) is 0 Å². The molecule has 1 aromatic rings. The van der Waals surface area contributed by atoms with Crippen LogP contribution < -0.4 is 5.32 Å². The van der Waals surface area contributed by atoms with E-state index >= 15 is 0 Å². The molecule has 1 aliphatic rings. The highest BCUT2D eigenvalue weighted by Gasteiger charge is 2.38. The fourth-order valence-corrected chi connectivity index (χ4v) is 2.11. The zero-order valence-corrected chi connectivity index (χ0v) is 11.4. The number of hydrogen-bond donors (Lipinski definition) is 2. The van der Waals surface area contributed by atoms with Crippen LogP contribution in [0.2, 0.25) is 0 Å². The van der Waals surface area contributed by atoms with Crippen molar-refractivity contribution in [1.82, 2.24) is 9.88 Å². The Morgan fingerprint density at radius 2 is 2.25 bits per heavy atom. The van der Waals surface area contributed by atoms with Gasteiger partial charge in [0, 0.05) is 13.2 Å². The van der Waals surface area contributed by atoms with Gasteiger partial charge in [-0.3, -0.25) is 9.78 Å². The number of carboxylic acids is 1. The van der Waals surface area contributed by atoms with Gasteiger partial charge in [-0.2, -0.15) is 0 Å². The molecule has 1 fully saturated rings. The monoisotopic (exact) mass is 279 g/mol.